The normalized spacial score (nSPS) is 29.3. The van der Waals surface area contributed by atoms with Crippen molar-refractivity contribution >= 4 is 21.6 Å². The minimum absolute atomic E-state index is 0.117. The number of halogens is 1. The molecule has 0 heterocycles. The molecule has 1 aromatic carbocycles. The summed E-state index contributed by atoms with van der Waals surface area (Å²) in [5, 5.41) is 13.1. The topological polar surface area (TPSA) is 32.3 Å². The fourth-order valence-electron chi connectivity index (χ4n) is 2.53. The third-order valence-corrected chi connectivity index (χ3v) is 4.25. The fourth-order valence-corrected chi connectivity index (χ4v) is 2.79. The number of rotatable bonds is 3. The monoisotopic (exact) mass is 283 g/mol. The van der Waals surface area contributed by atoms with E-state index in [1.54, 1.807) is 0 Å². The molecule has 16 heavy (non-hydrogen) atoms. The second-order valence-corrected chi connectivity index (χ2v) is 5.66. The molecule has 1 aliphatic rings. The van der Waals surface area contributed by atoms with E-state index >= 15 is 0 Å². The second-order valence-electron chi connectivity index (χ2n) is 4.74. The highest BCUT2D eigenvalue weighted by Gasteiger charge is 2.39. The molecule has 1 aromatic rings. The van der Waals surface area contributed by atoms with E-state index in [2.05, 4.69) is 28.2 Å². The van der Waals surface area contributed by atoms with Crippen LogP contribution < -0.4 is 5.32 Å². The first-order valence-electron chi connectivity index (χ1n) is 5.81. The summed E-state index contributed by atoms with van der Waals surface area (Å²) in [6.07, 6.45) is 3.45. The van der Waals surface area contributed by atoms with E-state index in [9.17, 15) is 5.11 Å². The standard InChI is InChI=1S/C13H18BrNO/c1-10-3-2-8-13(10,9-16)15-12-6-4-11(14)5-7-12/h4-7,10,15-16H,2-3,8-9H2,1H3. The Morgan fingerprint density at radius 3 is 2.62 bits per heavy atom. The zero-order valence-electron chi connectivity index (χ0n) is 9.54. The Morgan fingerprint density at radius 2 is 2.12 bits per heavy atom. The first kappa shape index (κ1) is 11.9. The number of hydrogen-bond acceptors (Lipinski definition) is 2. The zero-order valence-corrected chi connectivity index (χ0v) is 11.1. The summed E-state index contributed by atoms with van der Waals surface area (Å²) < 4.78 is 1.08. The van der Waals surface area contributed by atoms with Gasteiger partial charge in [-0.25, -0.2) is 0 Å². The molecule has 2 rings (SSSR count). The first-order valence-corrected chi connectivity index (χ1v) is 6.60. The molecule has 88 valence electrons. The third kappa shape index (κ3) is 2.25. The van der Waals surface area contributed by atoms with Gasteiger partial charge in [-0.3, -0.25) is 0 Å². The van der Waals surface area contributed by atoms with E-state index in [0.29, 0.717) is 5.92 Å². The second kappa shape index (κ2) is 4.76. The SMILES string of the molecule is CC1CCCC1(CO)Nc1ccc(Br)cc1. The van der Waals surface area contributed by atoms with Gasteiger partial charge >= 0.3 is 0 Å². The van der Waals surface area contributed by atoms with Gasteiger partial charge in [0.2, 0.25) is 0 Å². The Kier molecular flexibility index (Phi) is 3.55. The molecule has 1 saturated carbocycles. The Morgan fingerprint density at radius 1 is 1.44 bits per heavy atom. The van der Waals surface area contributed by atoms with Gasteiger partial charge in [0, 0.05) is 10.2 Å². The molecule has 0 aromatic heterocycles. The van der Waals surface area contributed by atoms with Crippen molar-refractivity contribution in [3.05, 3.63) is 28.7 Å². The zero-order chi connectivity index (χ0) is 11.6. The molecular weight excluding hydrogens is 266 g/mol. The van der Waals surface area contributed by atoms with Crippen LogP contribution in [0, 0.1) is 5.92 Å². The van der Waals surface area contributed by atoms with Crippen molar-refractivity contribution in [2.45, 2.75) is 31.7 Å². The lowest BCUT2D eigenvalue weighted by atomic mass is 9.89. The van der Waals surface area contributed by atoms with Crippen LogP contribution in [0.5, 0.6) is 0 Å². The number of aliphatic hydroxyl groups is 1. The highest BCUT2D eigenvalue weighted by atomic mass is 79.9. The number of aliphatic hydroxyl groups excluding tert-OH is 1. The fraction of sp³-hybridized carbons (Fsp3) is 0.538. The Labute approximate surface area is 105 Å². The average molecular weight is 284 g/mol. The number of benzene rings is 1. The van der Waals surface area contributed by atoms with Gasteiger partial charge in [-0.2, -0.15) is 0 Å². The Bertz CT molecular complexity index is 351. The summed E-state index contributed by atoms with van der Waals surface area (Å²) in [5.74, 6) is 0.529. The van der Waals surface area contributed by atoms with E-state index in [4.69, 9.17) is 0 Å². The molecular formula is C13H18BrNO. The van der Waals surface area contributed by atoms with E-state index in [1.165, 1.54) is 12.8 Å². The van der Waals surface area contributed by atoms with Gasteiger partial charge in [0.15, 0.2) is 0 Å². The summed E-state index contributed by atoms with van der Waals surface area (Å²) >= 11 is 3.42. The lowest BCUT2D eigenvalue weighted by molar-refractivity contribution is 0.184. The molecule has 0 aliphatic heterocycles. The Hall–Kier alpha value is -0.540. The summed E-state index contributed by atoms with van der Waals surface area (Å²) in [7, 11) is 0. The lowest BCUT2D eigenvalue weighted by Crippen LogP contribution is -2.44. The van der Waals surface area contributed by atoms with Crippen molar-refractivity contribution in [3.63, 3.8) is 0 Å². The van der Waals surface area contributed by atoms with Crippen LogP contribution in [0.1, 0.15) is 26.2 Å². The van der Waals surface area contributed by atoms with Crippen LogP contribution in [0.15, 0.2) is 28.7 Å². The van der Waals surface area contributed by atoms with Gasteiger partial charge in [0.1, 0.15) is 0 Å². The van der Waals surface area contributed by atoms with Gasteiger partial charge in [0.25, 0.3) is 0 Å². The summed E-state index contributed by atoms with van der Waals surface area (Å²) in [5.41, 5.74) is 0.972. The summed E-state index contributed by atoms with van der Waals surface area (Å²) in [6, 6.07) is 8.14. The van der Waals surface area contributed by atoms with Crippen molar-refractivity contribution in [1.82, 2.24) is 0 Å². The molecule has 0 radical (unpaired) electrons. The number of anilines is 1. The van der Waals surface area contributed by atoms with E-state index in [1.807, 2.05) is 24.3 Å². The molecule has 3 heteroatoms. The van der Waals surface area contributed by atoms with Crippen molar-refractivity contribution in [1.29, 1.82) is 0 Å². The molecule has 2 nitrogen and oxygen atoms in total. The minimum Gasteiger partial charge on any atom is -0.394 e. The Balaban J connectivity index is 2.15. The van der Waals surface area contributed by atoms with Crippen LogP contribution >= 0.6 is 15.9 Å². The quantitative estimate of drug-likeness (QED) is 0.891. The van der Waals surface area contributed by atoms with Crippen LogP contribution in [-0.4, -0.2) is 17.3 Å². The molecule has 1 fully saturated rings. The highest BCUT2D eigenvalue weighted by molar-refractivity contribution is 9.10. The van der Waals surface area contributed by atoms with Gasteiger partial charge in [-0.05, 0) is 43.0 Å². The predicted molar refractivity (Wildman–Crippen MR) is 70.6 cm³/mol. The van der Waals surface area contributed by atoms with E-state index in [-0.39, 0.29) is 12.1 Å². The molecule has 2 unspecified atom stereocenters. The van der Waals surface area contributed by atoms with E-state index < -0.39 is 0 Å². The van der Waals surface area contributed by atoms with Gasteiger partial charge < -0.3 is 10.4 Å². The van der Waals surface area contributed by atoms with Crippen LogP contribution in [0.2, 0.25) is 0 Å². The summed E-state index contributed by atoms with van der Waals surface area (Å²) in [4.78, 5) is 0. The van der Waals surface area contributed by atoms with Crippen LogP contribution in [-0.2, 0) is 0 Å². The molecule has 0 amide bonds. The maximum Gasteiger partial charge on any atom is 0.0664 e. The van der Waals surface area contributed by atoms with Crippen molar-refractivity contribution in [3.8, 4) is 0 Å². The van der Waals surface area contributed by atoms with Crippen molar-refractivity contribution < 1.29 is 5.11 Å². The van der Waals surface area contributed by atoms with Gasteiger partial charge in [-0.1, -0.05) is 29.3 Å². The van der Waals surface area contributed by atoms with Crippen LogP contribution in [0.3, 0.4) is 0 Å². The first-order chi connectivity index (χ1) is 7.66. The average Bonchev–Trinajstić information content (AvgIpc) is 2.64. The van der Waals surface area contributed by atoms with Gasteiger partial charge in [-0.15, -0.1) is 0 Å². The molecule has 0 bridgehead atoms. The minimum atomic E-state index is -0.117. The molecule has 0 spiro atoms. The summed E-state index contributed by atoms with van der Waals surface area (Å²) in [6.45, 7) is 2.43. The van der Waals surface area contributed by atoms with Crippen molar-refractivity contribution in [2.24, 2.45) is 5.92 Å². The van der Waals surface area contributed by atoms with Crippen LogP contribution in [0.4, 0.5) is 5.69 Å². The molecule has 2 N–H and O–H groups in total. The third-order valence-electron chi connectivity index (χ3n) is 3.72. The van der Waals surface area contributed by atoms with Crippen molar-refractivity contribution in [2.75, 3.05) is 11.9 Å². The lowest BCUT2D eigenvalue weighted by Gasteiger charge is -2.34. The molecule has 2 atom stereocenters. The maximum absolute atomic E-state index is 9.63. The van der Waals surface area contributed by atoms with Gasteiger partial charge in [0.05, 0.1) is 12.1 Å². The maximum atomic E-state index is 9.63. The van der Waals surface area contributed by atoms with Crippen LogP contribution in [0.25, 0.3) is 0 Å². The highest BCUT2D eigenvalue weighted by Crippen LogP contribution is 2.37. The smallest absolute Gasteiger partial charge is 0.0664 e. The van der Waals surface area contributed by atoms with E-state index in [0.717, 1.165) is 16.6 Å². The number of hydrogen-bond donors (Lipinski definition) is 2. The largest absolute Gasteiger partial charge is 0.394 e. The molecule has 0 saturated heterocycles. The molecule has 1 aliphatic carbocycles. The number of nitrogens with one attached hydrogen (secondary N) is 1. The predicted octanol–water partition coefficient (Wildman–Crippen LogP) is 3.41.